The van der Waals surface area contributed by atoms with Crippen LogP contribution in [0, 0.1) is 0 Å². The van der Waals surface area contributed by atoms with E-state index in [2.05, 4.69) is 0 Å². The lowest BCUT2D eigenvalue weighted by Crippen LogP contribution is -2.50. The number of hydrogen-bond donors (Lipinski definition) is 0. The molecule has 3 aliphatic rings. The second-order valence-electron chi connectivity index (χ2n) is 5.77. The smallest absolute Gasteiger partial charge is 0.245 e. The average Bonchev–Trinajstić information content (AvgIpc) is 2.91. The van der Waals surface area contributed by atoms with Gasteiger partial charge >= 0.3 is 0 Å². The molecule has 0 radical (unpaired) electrons. The van der Waals surface area contributed by atoms with Crippen LogP contribution in [0.25, 0.3) is 0 Å². The van der Waals surface area contributed by atoms with Gasteiger partial charge in [0.15, 0.2) is 0 Å². The molecule has 19 heavy (non-hydrogen) atoms. The maximum absolute atomic E-state index is 12.6. The molecule has 3 aliphatic heterocycles. The van der Waals surface area contributed by atoms with Crippen LogP contribution in [0.4, 0.5) is 0 Å². The van der Waals surface area contributed by atoms with E-state index in [1.807, 2.05) is 4.90 Å². The van der Waals surface area contributed by atoms with Crippen molar-refractivity contribution >= 4 is 11.8 Å². The molecule has 3 rings (SSSR count). The van der Waals surface area contributed by atoms with Crippen LogP contribution in [0.3, 0.4) is 0 Å². The highest BCUT2D eigenvalue weighted by Crippen LogP contribution is 2.24. The number of hydrogen-bond acceptors (Lipinski definition) is 3. The van der Waals surface area contributed by atoms with Crippen LogP contribution in [0.5, 0.6) is 0 Å². The Balaban J connectivity index is 1.71. The maximum Gasteiger partial charge on any atom is 0.245 e. The molecule has 2 amide bonds. The molecule has 0 aromatic rings. The van der Waals surface area contributed by atoms with Crippen LogP contribution in [-0.2, 0) is 14.3 Å². The van der Waals surface area contributed by atoms with Gasteiger partial charge in [0.25, 0.3) is 0 Å². The Labute approximate surface area is 113 Å². The SMILES string of the molecule is O=C1C2CCCCN2C(=O)CCN1CC1CCCO1. The van der Waals surface area contributed by atoms with Gasteiger partial charge in [-0.15, -0.1) is 0 Å². The Kier molecular flexibility index (Phi) is 3.73. The number of carbonyl (C=O) groups excluding carboxylic acids is 2. The van der Waals surface area contributed by atoms with Gasteiger partial charge in [-0.2, -0.15) is 0 Å². The van der Waals surface area contributed by atoms with Crippen molar-refractivity contribution in [1.29, 1.82) is 0 Å². The molecule has 106 valence electrons. The van der Waals surface area contributed by atoms with Gasteiger partial charge in [0.1, 0.15) is 6.04 Å². The average molecular weight is 266 g/mol. The van der Waals surface area contributed by atoms with Gasteiger partial charge in [0.2, 0.25) is 11.8 Å². The van der Waals surface area contributed by atoms with E-state index in [4.69, 9.17) is 4.74 Å². The van der Waals surface area contributed by atoms with Crippen molar-refractivity contribution in [1.82, 2.24) is 9.80 Å². The van der Waals surface area contributed by atoms with Crippen molar-refractivity contribution < 1.29 is 14.3 Å². The maximum atomic E-state index is 12.6. The van der Waals surface area contributed by atoms with Crippen LogP contribution in [-0.4, -0.2) is 60.0 Å². The second-order valence-corrected chi connectivity index (χ2v) is 5.77. The molecule has 0 bridgehead atoms. The monoisotopic (exact) mass is 266 g/mol. The van der Waals surface area contributed by atoms with Crippen LogP contribution in [0.1, 0.15) is 38.5 Å². The summed E-state index contributed by atoms with van der Waals surface area (Å²) in [5.74, 6) is 0.286. The van der Waals surface area contributed by atoms with E-state index in [1.54, 1.807) is 4.90 Å². The Morgan fingerprint density at radius 3 is 2.79 bits per heavy atom. The summed E-state index contributed by atoms with van der Waals surface area (Å²) in [7, 11) is 0. The Morgan fingerprint density at radius 2 is 2.00 bits per heavy atom. The summed E-state index contributed by atoms with van der Waals surface area (Å²) in [6.07, 6.45) is 5.67. The molecule has 0 N–H and O–H groups in total. The standard InChI is InChI=1S/C14H22N2O3/c17-13-6-8-15(10-11-4-3-9-19-11)14(18)12-5-1-2-7-16(12)13/h11-12H,1-10H2. The Morgan fingerprint density at radius 1 is 1.11 bits per heavy atom. The highest BCUT2D eigenvalue weighted by Gasteiger charge is 2.38. The van der Waals surface area contributed by atoms with Gasteiger partial charge in [0, 0.05) is 32.7 Å². The fourth-order valence-corrected chi connectivity index (χ4v) is 3.40. The molecule has 3 fully saturated rings. The quantitative estimate of drug-likeness (QED) is 0.742. The van der Waals surface area contributed by atoms with Crippen molar-refractivity contribution in [3.63, 3.8) is 0 Å². The molecule has 0 aliphatic carbocycles. The van der Waals surface area contributed by atoms with Gasteiger partial charge in [-0.25, -0.2) is 0 Å². The Bertz CT molecular complexity index is 366. The molecule has 3 heterocycles. The normalized spacial score (nSPS) is 32.4. The third-order valence-electron chi connectivity index (χ3n) is 4.46. The van der Waals surface area contributed by atoms with Crippen LogP contribution >= 0.6 is 0 Å². The zero-order valence-electron chi connectivity index (χ0n) is 11.3. The van der Waals surface area contributed by atoms with Crippen LogP contribution < -0.4 is 0 Å². The fraction of sp³-hybridized carbons (Fsp3) is 0.857. The van der Waals surface area contributed by atoms with Crippen LogP contribution in [0.15, 0.2) is 0 Å². The van der Waals surface area contributed by atoms with E-state index in [-0.39, 0.29) is 24.0 Å². The summed E-state index contributed by atoms with van der Waals surface area (Å²) in [5.41, 5.74) is 0. The summed E-state index contributed by atoms with van der Waals surface area (Å²) in [6.45, 7) is 2.78. The number of rotatable bonds is 2. The molecule has 5 heteroatoms. The molecular weight excluding hydrogens is 244 g/mol. The van der Waals surface area contributed by atoms with E-state index < -0.39 is 0 Å². The molecule has 0 saturated carbocycles. The topological polar surface area (TPSA) is 49.9 Å². The lowest BCUT2D eigenvalue weighted by atomic mass is 10.0. The van der Waals surface area contributed by atoms with Gasteiger partial charge in [-0.1, -0.05) is 0 Å². The molecule has 2 atom stereocenters. The first-order valence-corrected chi connectivity index (χ1v) is 7.45. The van der Waals surface area contributed by atoms with Gasteiger partial charge < -0.3 is 14.5 Å². The zero-order chi connectivity index (χ0) is 13.2. The van der Waals surface area contributed by atoms with Crippen LogP contribution in [0.2, 0.25) is 0 Å². The first kappa shape index (κ1) is 12.9. The largest absolute Gasteiger partial charge is 0.376 e. The first-order chi connectivity index (χ1) is 9.25. The Hall–Kier alpha value is -1.10. The molecule has 2 unspecified atom stereocenters. The zero-order valence-corrected chi connectivity index (χ0v) is 11.3. The van der Waals surface area contributed by atoms with Crippen molar-refractivity contribution in [2.75, 3.05) is 26.2 Å². The molecule has 3 saturated heterocycles. The second kappa shape index (κ2) is 5.49. The van der Waals surface area contributed by atoms with Gasteiger partial charge in [-0.05, 0) is 32.1 Å². The minimum absolute atomic E-state index is 0.140. The molecular formula is C14H22N2O3. The highest BCUT2D eigenvalue weighted by molar-refractivity contribution is 5.90. The third-order valence-corrected chi connectivity index (χ3v) is 4.46. The summed E-state index contributed by atoms with van der Waals surface area (Å²) in [5, 5.41) is 0. The molecule has 0 spiro atoms. The van der Waals surface area contributed by atoms with Crippen molar-refractivity contribution in [2.24, 2.45) is 0 Å². The summed E-state index contributed by atoms with van der Waals surface area (Å²) < 4.78 is 5.62. The number of ether oxygens (including phenoxy) is 1. The number of carbonyl (C=O) groups is 2. The lowest BCUT2D eigenvalue weighted by molar-refractivity contribution is -0.143. The summed E-state index contributed by atoms with van der Waals surface area (Å²) in [6, 6.07) is -0.204. The van der Waals surface area contributed by atoms with Gasteiger partial charge in [-0.3, -0.25) is 9.59 Å². The van der Waals surface area contributed by atoms with Crippen molar-refractivity contribution in [2.45, 2.75) is 50.7 Å². The van der Waals surface area contributed by atoms with Gasteiger partial charge in [0.05, 0.1) is 6.10 Å². The lowest BCUT2D eigenvalue weighted by Gasteiger charge is -2.34. The van der Waals surface area contributed by atoms with Crippen molar-refractivity contribution in [3.8, 4) is 0 Å². The number of piperidine rings is 1. The number of amides is 2. The molecule has 5 nitrogen and oxygen atoms in total. The number of fused-ring (bicyclic) bond motifs is 1. The fourth-order valence-electron chi connectivity index (χ4n) is 3.40. The van der Waals surface area contributed by atoms with E-state index in [1.165, 1.54) is 0 Å². The molecule has 0 aromatic carbocycles. The number of nitrogens with zero attached hydrogens (tertiary/aromatic N) is 2. The summed E-state index contributed by atoms with van der Waals surface area (Å²) >= 11 is 0. The minimum atomic E-state index is -0.204. The first-order valence-electron chi connectivity index (χ1n) is 7.45. The van der Waals surface area contributed by atoms with E-state index in [9.17, 15) is 9.59 Å². The van der Waals surface area contributed by atoms with Crippen molar-refractivity contribution in [3.05, 3.63) is 0 Å². The van der Waals surface area contributed by atoms with E-state index in [0.717, 1.165) is 45.3 Å². The minimum Gasteiger partial charge on any atom is -0.376 e. The van der Waals surface area contributed by atoms with E-state index in [0.29, 0.717) is 19.5 Å². The third kappa shape index (κ3) is 2.61. The summed E-state index contributed by atoms with van der Waals surface area (Å²) in [4.78, 5) is 28.4. The molecule has 0 aromatic heterocycles. The predicted octanol–water partition coefficient (Wildman–Crippen LogP) is 0.779. The van der Waals surface area contributed by atoms with E-state index >= 15 is 0 Å². The predicted molar refractivity (Wildman–Crippen MR) is 69.5 cm³/mol. The highest BCUT2D eigenvalue weighted by atomic mass is 16.5.